The summed E-state index contributed by atoms with van der Waals surface area (Å²) in [4.78, 5) is 0. The Hall–Kier alpha value is -0.860. The van der Waals surface area contributed by atoms with Crippen molar-refractivity contribution in [3.05, 3.63) is 35.4 Å². The molecule has 0 bridgehead atoms. The zero-order valence-corrected chi connectivity index (χ0v) is 12.4. The molecule has 0 unspecified atom stereocenters. The van der Waals surface area contributed by atoms with Crippen LogP contribution in [0.15, 0.2) is 24.3 Å². The van der Waals surface area contributed by atoms with E-state index >= 15 is 0 Å². The van der Waals surface area contributed by atoms with Crippen LogP contribution in [0.5, 0.6) is 0 Å². The lowest BCUT2D eigenvalue weighted by molar-refractivity contribution is 0.123. The molecule has 1 aromatic carbocycles. The van der Waals surface area contributed by atoms with Crippen LogP contribution in [0, 0.1) is 5.41 Å². The molecule has 0 heterocycles. The van der Waals surface area contributed by atoms with Crippen LogP contribution in [-0.4, -0.2) is 26.8 Å². The van der Waals surface area contributed by atoms with Crippen molar-refractivity contribution in [3.8, 4) is 0 Å². The van der Waals surface area contributed by atoms with E-state index in [0.717, 1.165) is 26.1 Å². The van der Waals surface area contributed by atoms with Gasteiger partial charge in [0, 0.05) is 20.2 Å². The third-order valence-corrected chi connectivity index (χ3v) is 4.41. The Balaban J connectivity index is 1.86. The van der Waals surface area contributed by atoms with Gasteiger partial charge in [-0.3, -0.25) is 0 Å². The molecule has 1 saturated carbocycles. The lowest BCUT2D eigenvalue weighted by atomic mass is 9.65. The van der Waals surface area contributed by atoms with Crippen molar-refractivity contribution in [2.75, 3.05) is 26.8 Å². The fraction of sp³-hybridized carbons (Fsp3) is 0.647. The van der Waals surface area contributed by atoms with Crippen LogP contribution < -0.4 is 5.32 Å². The van der Waals surface area contributed by atoms with E-state index in [-0.39, 0.29) is 0 Å². The first kappa shape index (κ1) is 14.5. The standard InChI is InChI=1S/C17H27NO/c1-3-15-5-7-16(8-6-15)13-17(9-4-10-17)14-18-11-12-19-2/h5-8,18H,3-4,9-14H2,1-2H3. The predicted molar refractivity (Wildman–Crippen MR) is 80.6 cm³/mol. The number of benzene rings is 1. The molecule has 2 nitrogen and oxygen atoms in total. The molecule has 1 N–H and O–H groups in total. The van der Waals surface area contributed by atoms with Gasteiger partial charge in [-0.1, -0.05) is 37.6 Å². The third kappa shape index (κ3) is 4.05. The first-order chi connectivity index (χ1) is 9.28. The average molecular weight is 261 g/mol. The van der Waals surface area contributed by atoms with E-state index in [0.29, 0.717) is 5.41 Å². The van der Waals surface area contributed by atoms with Crippen LogP contribution in [-0.2, 0) is 17.6 Å². The minimum atomic E-state index is 0.501. The molecule has 0 aliphatic heterocycles. The summed E-state index contributed by atoms with van der Waals surface area (Å²) in [5.74, 6) is 0. The minimum absolute atomic E-state index is 0.501. The normalized spacial score (nSPS) is 17.2. The van der Waals surface area contributed by atoms with Crippen LogP contribution >= 0.6 is 0 Å². The van der Waals surface area contributed by atoms with Gasteiger partial charge in [0.05, 0.1) is 6.61 Å². The molecule has 2 heteroatoms. The van der Waals surface area contributed by atoms with E-state index in [4.69, 9.17) is 4.74 Å². The summed E-state index contributed by atoms with van der Waals surface area (Å²) >= 11 is 0. The predicted octanol–water partition coefficient (Wildman–Crippen LogP) is 3.20. The molecular formula is C17H27NO. The van der Waals surface area contributed by atoms with Gasteiger partial charge in [-0.15, -0.1) is 0 Å². The van der Waals surface area contributed by atoms with E-state index in [1.807, 2.05) is 0 Å². The van der Waals surface area contributed by atoms with Crippen molar-refractivity contribution < 1.29 is 4.74 Å². The van der Waals surface area contributed by atoms with Gasteiger partial charge in [0.15, 0.2) is 0 Å². The summed E-state index contributed by atoms with van der Waals surface area (Å²) in [6.07, 6.45) is 6.46. The van der Waals surface area contributed by atoms with Crippen molar-refractivity contribution in [2.45, 2.75) is 39.0 Å². The number of ether oxygens (including phenoxy) is 1. The second kappa shape index (κ2) is 7.06. The smallest absolute Gasteiger partial charge is 0.0587 e. The molecule has 1 aliphatic rings. The first-order valence-electron chi connectivity index (χ1n) is 7.55. The van der Waals surface area contributed by atoms with Crippen LogP contribution in [0.25, 0.3) is 0 Å². The molecule has 0 aromatic heterocycles. The summed E-state index contributed by atoms with van der Waals surface area (Å²) in [6.45, 7) is 5.11. The molecule has 1 fully saturated rings. The van der Waals surface area contributed by atoms with E-state index in [1.165, 1.54) is 36.8 Å². The maximum Gasteiger partial charge on any atom is 0.0587 e. The van der Waals surface area contributed by atoms with Gasteiger partial charge in [-0.05, 0) is 42.2 Å². The molecule has 0 amide bonds. The van der Waals surface area contributed by atoms with Crippen molar-refractivity contribution in [3.63, 3.8) is 0 Å². The lowest BCUT2D eigenvalue weighted by Gasteiger charge is -2.42. The Kier molecular flexibility index (Phi) is 5.41. The van der Waals surface area contributed by atoms with Crippen molar-refractivity contribution in [1.29, 1.82) is 0 Å². The maximum absolute atomic E-state index is 5.09. The summed E-state index contributed by atoms with van der Waals surface area (Å²) in [5, 5.41) is 3.55. The van der Waals surface area contributed by atoms with Crippen molar-refractivity contribution in [2.24, 2.45) is 5.41 Å². The summed E-state index contributed by atoms with van der Waals surface area (Å²) in [5.41, 5.74) is 3.43. The molecule has 0 atom stereocenters. The van der Waals surface area contributed by atoms with Crippen LogP contribution in [0.2, 0.25) is 0 Å². The fourth-order valence-corrected chi connectivity index (χ4v) is 2.95. The molecule has 1 aromatic rings. The van der Waals surface area contributed by atoms with E-state index in [2.05, 4.69) is 36.5 Å². The summed E-state index contributed by atoms with van der Waals surface area (Å²) in [7, 11) is 1.76. The van der Waals surface area contributed by atoms with Gasteiger partial charge in [0.25, 0.3) is 0 Å². The average Bonchev–Trinajstić information content (AvgIpc) is 2.41. The Labute approximate surface area is 117 Å². The molecular weight excluding hydrogens is 234 g/mol. The highest BCUT2D eigenvalue weighted by atomic mass is 16.5. The number of aryl methyl sites for hydroxylation is 1. The Morgan fingerprint density at radius 1 is 1.16 bits per heavy atom. The largest absolute Gasteiger partial charge is 0.383 e. The van der Waals surface area contributed by atoms with Gasteiger partial charge >= 0.3 is 0 Å². The quantitative estimate of drug-likeness (QED) is 0.726. The summed E-state index contributed by atoms with van der Waals surface area (Å²) < 4.78 is 5.09. The maximum atomic E-state index is 5.09. The molecule has 0 radical (unpaired) electrons. The summed E-state index contributed by atoms with van der Waals surface area (Å²) in [6, 6.07) is 9.18. The minimum Gasteiger partial charge on any atom is -0.383 e. The second-order valence-corrected chi connectivity index (χ2v) is 5.87. The molecule has 106 valence electrons. The highest BCUT2D eigenvalue weighted by molar-refractivity contribution is 5.24. The number of rotatable bonds is 8. The van der Waals surface area contributed by atoms with E-state index < -0.39 is 0 Å². The Morgan fingerprint density at radius 2 is 1.84 bits per heavy atom. The topological polar surface area (TPSA) is 21.3 Å². The Morgan fingerprint density at radius 3 is 2.37 bits per heavy atom. The number of hydrogen-bond acceptors (Lipinski definition) is 2. The first-order valence-corrected chi connectivity index (χ1v) is 7.55. The van der Waals surface area contributed by atoms with Gasteiger partial charge in [0.1, 0.15) is 0 Å². The monoisotopic (exact) mass is 261 g/mol. The highest BCUT2D eigenvalue weighted by Gasteiger charge is 2.36. The molecule has 0 spiro atoms. The van der Waals surface area contributed by atoms with Gasteiger partial charge in [-0.25, -0.2) is 0 Å². The van der Waals surface area contributed by atoms with Crippen molar-refractivity contribution in [1.82, 2.24) is 5.32 Å². The molecule has 0 saturated heterocycles. The lowest BCUT2D eigenvalue weighted by Crippen LogP contribution is -2.42. The van der Waals surface area contributed by atoms with Crippen LogP contribution in [0.1, 0.15) is 37.3 Å². The SMILES string of the molecule is CCc1ccc(CC2(CNCCOC)CCC2)cc1. The zero-order valence-electron chi connectivity index (χ0n) is 12.4. The van der Waals surface area contributed by atoms with Crippen molar-refractivity contribution >= 4 is 0 Å². The number of nitrogens with one attached hydrogen (secondary N) is 1. The van der Waals surface area contributed by atoms with Gasteiger partial charge in [0.2, 0.25) is 0 Å². The van der Waals surface area contributed by atoms with Crippen LogP contribution in [0.4, 0.5) is 0 Å². The Bertz CT molecular complexity index is 367. The number of hydrogen-bond donors (Lipinski definition) is 1. The van der Waals surface area contributed by atoms with Gasteiger partial charge in [-0.2, -0.15) is 0 Å². The van der Waals surface area contributed by atoms with E-state index in [1.54, 1.807) is 7.11 Å². The van der Waals surface area contributed by atoms with Crippen LogP contribution in [0.3, 0.4) is 0 Å². The fourth-order valence-electron chi connectivity index (χ4n) is 2.95. The molecule has 1 aliphatic carbocycles. The molecule has 19 heavy (non-hydrogen) atoms. The third-order valence-electron chi connectivity index (χ3n) is 4.41. The molecule has 2 rings (SSSR count). The second-order valence-electron chi connectivity index (χ2n) is 5.87. The highest BCUT2D eigenvalue weighted by Crippen LogP contribution is 2.43. The van der Waals surface area contributed by atoms with E-state index in [9.17, 15) is 0 Å². The zero-order chi connectivity index (χ0) is 13.6. The van der Waals surface area contributed by atoms with Gasteiger partial charge < -0.3 is 10.1 Å². The number of methoxy groups -OCH3 is 1.